The molecule has 32 heavy (non-hydrogen) atoms. The molecule has 160 valence electrons. The molecule has 3 aromatic carbocycles. The van der Waals surface area contributed by atoms with Crippen LogP contribution in [-0.4, -0.2) is 9.38 Å². The second-order valence-corrected chi connectivity index (χ2v) is 12.4. The third kappa shape index (κ3) is 4.12. The van der Waals surface area contributed by atoms with Gasteiger partial charge in [-0.2, -0.15) is 0 Å². The van der Waals surface area contributed by atoms with E-state index >= 15 is 0 Å². The van der Waals surface area contributed by atoms with Gasteiger partial charge in [0.1, 0.15) is 33.7 Å². The van der Waals surface area contributed by atoms with Gasteiger partial charge in [0.05, 0.1) is 5.69 Å². The van der Waals surface area contributed by atoms with Gasteiger partial charge in [0.2, 0.25) is 0 Å². The average Bonchev–Trinajstić information content (AvgIpc) is 3.20. The quantitative estimate of drug-likeness (QED) is 0.348. The van der Waals surface area contributed by atoms with Gasteiger partial charge >= 0.3 is 0 Å². The zero-order valence-corrected chi connectivity index (χ0v) is 20.2. The minimum atomic E-state index is -2.11. The van der Waals surface area contributed by atoms with Gasteiger partial charge < -0.3 is 12.4 Å². The summed E-state index contributed by atoms with van der Waals surface area (Å²) in [4.78, 5) is 18.3. The maximum atomic E-state index is 12.8. The molecule has 0 aliphatic carbocycles. The second-order valence-electron chi connectivity index (χ2n) is 7.25. The summed E-state index contributed by atoms with van der Waals surface area (Å²) < 4.78 is 2.07. The Kier molecular flexibility index (Phi) is 6.78. The van der Waals surface area contributed by atoms with E-state index in [0.717, 1.165) is 5.69 Å². The molecule has 0 bridgehead atoms. The maximum Gasteiger partial charge on any atom is 0.258 e. The minimum absolute atomic E-state index is 0. The molecule has 0 radical (unpaired) electrons. The Labute approximate surface area is 202 Å². The van der Waals surface area contributed by atoms with E-state index in [-0.39, 0.29) is 18.0 Å². The van der Waals surface area contributed by atoms with E-state index in [9.17, 15) is 4.79 Å². The molecule has 0 saturated heterocycles. The molecule has 0 unspecified atom stereocenters. The van der Waals surface area contributed by atoms with Crippen LogP contribution >= 0.6 is 30.2 Å². The summed E-state index contributed by atoms with van der Waals surface area (Å²) in [6, 6.07) is 33.4. The Hall–Kier alpha value is -2.49. The number of halogens is 2. The highest BCUT2D eigenvalue weighted by Gasteiger charge is 2.45. The van der Waals surface area contributed by atoms with Gasteiger partial charge in [0.25, 0.3) is 5.56 Å². The molecular weight excluding hydrogens is 478 g/mol. The number of hydrogen-bond acceptors (Lipinski definition) is 3. The molecule has 5 rings (SSSR count). The summed E-state index contributed by atoms with van der Waals surface area (Å²) in [6.45, 7) is 0. The van der Waals surface area contributed by atoms with Crippen molar-refractivity contribution >= 4 is 51.1 Å². The van der Waals surface area contributed by atoms with Crippen LogP contribution in [0.1, 0.15) is 5.69 Å². The van der Waals surface area contributed by atoms with Crippen molar-refractivity contribution in [1.82, 2.24) is 9.38 Å². The van der Waals surface area contributed by atoms with E-state index < -0.39 is 7.26 Å². The fourth-order valence-electron chi connectivity index (χ4n) is 4.01. The molecular formula is C25H19Cl2N2OPS. The summed E-state index contributed by atoms with van der Waals surface area (Å²) in [7, 11) is -2.11. The molecule has 2 heterocycles. The first-order valence-electron chi connectivity index (χ1n) is 9.89. The Balaban J connectivity index is 0.00000245. The summed E-state index contributed by atoms with van der Waals surface area (Å²) in [5.41, 5.74) is 0.684. The van der Waals surface area contributed by atoms with Crippen molar-refractivity contribution < 1.29 is 12.4 Å². The number of rotatable bonds is 5. The molecule has 0 spiro atoms. The number of hydrogen-bond donors (Lipinski definition) is 0. The molecule has 0 N–H and O–H groups in total. The lowest BCUT2D eigenvalue weighted by Crippen LogP contribution is -3.00. The highest BCUT2D eigenvalue weighted by molar-refractivity contribution is 7.95. The molecule has 0 aliphatic rings. The van der Waals surface area contributed by atoms with E-state index in [1.54, 1.807) is 12.3 Å². The van der Waals surface area contributed by atoms with Gasteiger partial charge in [-0.05, 0) is 36.4 Å². The van der Waals surface area contributed by atoms with Crippen LogP contribution in [0.5, 0.6) is 0 Å². The van der Waals surface area contributed by atoms with Crippen molar-refractivity contribution in [2.24, 2.45) is 0 Å². The zero-order chi connectivity index (χ0) is 21.3. The number of benzene rings is 3. The topological polar surface area (TPSA) is 34.4 Å². The Morgan fingerprint density at radius 3 is 1.75 bits per heavy atom. The minimum Gasteiger partial charge on any atom is -1.00 e. The van der Waals surface area contributed by atoms with E-state index in [4.69, 9.17) is 16.6 Å². The van der Waals surface area contributed by atoms with E-state index in [0.29, 0.717) is 15.5 Å². The SMILES string of the molecule is O=c1cc(C[P+](c2ccccc2)(c2ccccc2)c2ccccc2)nc2sc(Cl)cn12.[Cl-]. The standard InChI is InChI=1S/C25H19ClN2OPS.ClH/c26-23-17-28-24(29)16-19(27-25(28)31-23)18-30(20-10-4-1-5-11-20,21-12-6-2-7-13-21)22-14-8-3-9-15-22;/h1-17H,18H2;1H/q+1;/p-1. The summed E-state index contributed by atoms with van der Waals surface area (Å²) >= 11 is 7.48. The lowest BCUT2D eigenvalue weighted by atomic mass is 10.3. The normalized spacial score (nSPS) is 11.3. The third-order valence-corrected chi connectivity index (χ3v) is 10.8. The Morgan fingerprint density at radius 1 is 0.812 bits per heavy atom. The second kappa shape index (κ2) is 9.56. The fourth-order valence-corrected chi connectivity index (χ4v) is 9.19. The number of nitrogens with zero attached hydrogens (tertiary/aromatic N) is 2. The number of thiazole rings is 1. The first-order chi connectivity index (χ1) is 15.2. The maximum absolute atomic E-state index is 12.8. The van der Waals surface area contributed by atoms with Gasteiger partial charge in [-0.3, -0.25) is 9.20 Å². The van der Waals surface area contributed by atoms with Crippen LogP contribution in [-0.2, 0) is 6.16 Å². The van der Waals surface area contributed by atoms with E-state index in [1.165, 1.54) is 31.7 Å². The van der Waals surface area contributed by atoms with Crippen molar-refractivity contribution in [1.29, 1.82) is 0 Å². The monoisotopic (exact) mass is 496 g/mol. The summed E-state index contributed by atoms with van der Waals surface area (Å²) in [5, 5.41) is 3.79. The molecule has 0 aliphatic heterocycles. The van der Waals surface area contributed by atoms with Crippen LogP contribution < -0.4 is 33.9 Å². The van der Waals surface area contributed by atoms with Crippen molar-refractivity contribution in [3.63, 3.8) is 0 Å². The highest BCUT2D eigenvalue weighted by atomic mass is 35.5. The van der Waals surface area contributed by atoms with Crippen molar-refractivity contribution in [3.8, 4) is 0 Å². The predicted molar refractivity (Wildman–Crippen MR) is 133 cm³/mol. The zero-order valence-electron chi connectivity index (χ0n) is 16.9. The van der Waals surface area contributed by atoms with Crippen molar-refractivity contribution in [2.75, 3.05) is 0 Å². The Bertz CT molecular complexity index is 1290. The molecule has 2 aromatic heterocycles. The van der Waals surface area contributed by atoms with Gasteiger partial charge in [0.15, 0.2) is 4.96 Å². The van der Waals surface area contributed by atoms with Crippen LogP contribution in [0.4, 0.5) is 0 Å². The van der Waals surface area contributed by atoms with Crippen LogP contribution in [0.15, 0.2) is 108 Å². The summed E-state index contributed by atoms with van der Waals surface area (Å²) in [5.74, 6) is 0. The fraction of sp³-hybridized carbons (Fsp3) is 0.0400. The number of fused-ring (bicyclic) bond motifs is 1. The van der Waals surface area contributed by atoms with Crippen molar-refractivity contribution in [2.45, 2.75) is 6.16 Å². The lowest BCUT2D eigenvalue weighted by molar-refractivity contribution is -0.00000602. The molecule has 7 heteroatoms. The van der Waals surface area contributed by atoms with Gasteiger partial charge in [0, 0.05) is 12.3 Å². The first kappa shape index (κ1) is 22.7. The van der Waals surface area contributed by atoms with Crippen LogP contribution in [0.25, 0.3) is 4.96 Å². The Morgan fingerprint density at radius 2 is 1.28 bits per heavy atom. The highest BCUT2D eigenvalue weighted by Crippen LogP contribution is 2.57. The van der Waals surface area contributed by atoms with Crippen molar-refractivity contribution in [3.05, 3.63) is 124 Å². The van der Waals surface area contributed by atoms with E-state index in [1.807, 2.05) is 18.2 Å². The molecule has 3 nitrogen and oxygen atoms in total. The largest absolute Gasteiger partial charge is 1.00 e. The first-order valence-corrected chi connectivity index (χ1v) is 13.1. The molecule has 0 atom stereocenters. The van der Waals surface area contributed by atoms with Crippen LogP contribution in [0.2, 0.25) is 4.34 Å². The van der Waals surface area contributed by atoms with E-state index in [2.05, 4.69) is 72.8 Å². The smallest absolute Gasteiger partial charge is 0.258 e. The van der Waals surface area contributed by atoms with Crippen LogP contribution in [0.3, 0.4) is 0 Å². The number of aromatic nitrogens is 2. The predicted octanol–water partition coefficient (Wildman–Crippen LogP) is 1.91. The van der Waals surface area contributed by atoms with Gasteiger partial charge in [-0.1, -0.05) is 77.5 Å². The molecule has 0 fully saturated rings. The average molecular weight is 497 g/mol. The van der Waals surface area contributed by atoms with Gasteiger partial charge in [-0.25, -0.2) is 4.98 Å². The van der Waals surface area contributed by atoms with Crippen LogP contribution in [0, 0.1) is 0 Å². The lowest BCUT2D eigenvalue weighted by Gasteiger charge is -2.27. The third-order valence-electron chi connectivity index (χ3n) is 5.38. The van der Waals surface area contributed by atoms with Gasteiger partial charge in [-0.15, -0.1) is 0 Å². The molecule has 0 saturated carbocycles. The summed E-state index contributed by atoms with van der Waals surface area (Å²) in [6.07, 6.45) is 2.29. The molecule has 5 aromatic rings. The molecule has 0 amide bonds.